The number of aromatic amines is 1. The normalized spacial score (nSPS) is 14.4. The second-order valence-electron chi connectivity index (χ2n) is 19.6. The zero-order chi connectivity index (χ0) is 46.3. The molecule has 0 bridgehead atoms. The maximum absolute atomic E-state index is 13.6. The smallest absolute Gasteiger partial charge is 0.280 e. The lowest BCUT2D eigenvalue weighted by Gasteiger charge is -2.39. The molecule has 0 saturated carbocycles. The number of hydrogen-bond donors (Lipinski definition) is 3. The molecule has 12 nitrogen and oxygen atoms in total. The number of rotatable bonds is 9. The van der Waals surface area contributed by atoms with Crippen LogP contribution in [0.15, 0.2) is 79.7 Å². The first-order valence-electron chi connectivity index (χ1n) is 21.0. The van der Waals surface area contributed by atoms with Crippen LogP contribution < -0.4 is 0 Å². The summed E-state index contributed by atoms with van der Waals surface area (Å²) in [7, 11) is 1.69. The Labute approximate surface area is 391 Å². The first kappa shape index (κ1) is 43.0. The van der Waals surface area contributed by atoms with Crippen LogP contribution >= 0.6 is 45.3 Å². The number of hydrogen-bond acceptors (Lipinski definition) is 12. The fourth-order valence-electron chi connectivity index (χ4n) is 8.17. The van der Waals surface area contributed by atoms with E-state index >= 15 is 0 Å². The second kappa shape index (κ2) is 14.5. The number of thiazole rings is 2. The highest BCUT2D eigenvalue weighted by Gasteiger charge is 2.44. The summed E-state index contributed by atoms with van der Waals surface area (Å²) in [5, 5.41) is 24.3. The highest BCUT2D eigenvalue weighted by Crippen LogP contribution is 2.51. The number of H-pyrrole nitrogens is 1. The summed E-state index contributed by atoms with van der Waals surface area (Å²) in [6.45, 7) is 21.4. The average Bonchev–Trinajstić information content (AvgIpc) is 4.08. The van der Waals surface area contributed by atoms with E-state index in [9.17, 15) is 19.8 Å². The highest BCUT2D eigenvalue weighted by molar-refractivity contribution is 7.23. The lowest BCUT2D eigenvalue weighted by molar-refractivity contribution is 0.0998. The molecule has 10 rings (SSSR count). The largest absolute Gasteiger partial charge is 0.494 e. The molecule has 0 atom stereocenters. The van der Waals surface area contributed by atoms with Gasteiger partial charge >= 0.3 is 0 Å². The quantitative estimate of drug-likeness (QED) is 0.128. The van der Waals surface area contributed by atoms with E-state index in [4.69, 9.17) is 13.8 Å². The Bertz CT molecular complexity index is 3330. The number of carbonyl (C=O) groups excluding carboxylic acids is 2. The van der Waals surface area contributed by atoms with Gasteiger partial charge in [-0.15, -0.1) is 45.3 Å². The molecule has 0 aliphatic carbocycles. The SMILES string of the molecule is Cn1c(O)c2c(c1-c1ccc(C(C)(C)C)o1)C(=O)N=C2c1ccc(-c2ccc(C(C)(C)C(C)(C)c3ncc(-c4[nH]c(O)c5c4C(=O)N=C5c4cnc(-c5ccc(C(C)(C)C)s5)s4)s3)s2)o1. The molecule has 0 saturated heterocycles. The summed E-state index contributed by atoms with van der Waals surface area (Å²) >= 11 is 6.22. The molecule has 0 unspecified atom stereocenters. The molecule has 2 amide bonds. The van der Waals surface area contributed by atoms with Gasteiger partial charge in [0.1, 0.15) is 27.9 Å². The van der Waals surface area contributed by atoms with E-state index in [2.05, 4.69) is 86.6 Å². The van der Waals surface area contributed by atoms with Crippen molar-refractivity contribution in [2.45, 2.75) is 90.9 Å². The van der Waals surface area contributed by atoms with Gasteiger partial charge in [0.2, 0.25) is 5.88 Å². The Morgan fingerprint density at radius 3 is 1.94 bits per heavy atom. The summed E-state index contributed by atoms with van der Waals surface area (Å²) in [5.74, 6) is 1.07. The zero-order valence-corrected chi connectivity index (χ0v) is 40.9. The number of thiophene rings is 2. The topological polar surface area (TPSA) is 172 Å². The first-order chi connectivity index (χ1) is 30.5. The van der Waals surface area contributed by atoms with E-state index in [1.165, 1.54) is 27.6 Å². The monoisotopic (exact) mass is 942 g/mol. The van der Waals surface area contributed by atoms with Crippen molar-refractivity contribution in [1.82, 2.24) is 19.5 Å². The van der Waals surface area contributed by atoms with Gasteiger partial charge in [0.15, 0.2) is 17.4 Å². The van der Waals surface area contributed by atoms with Crippen LogP contribution in [0, 0.1) is 0 Å². The van der Waals surface area contributed by atoms with Gasteiger partial charge in [0.05, 0.1) is 58.2 Å². The number of carbonyl (C=O) groups is 2. The highest BCUT2D eigenvalue weighted by atomic mass is 32.1. The van der Waals surface area contributed by atoms with Crippen LogP contribution in [0.5, 0.6) is 11.8 Å². The first-order valence-corrected chi connectivity index (χ1v) is 24.3. The lowest BCUT2D eigenvalue weighted by atomic mass is 9.67. The zero-order valence-electron chi connectivity index (χ0n) is 37.7. The van der Waals surface area contributed by atoms with Gasteiger partial charge in [0, 0.05) is 45.4 Å². The van der Waals surface area contributed by atoms with Crippen LogP contribution in [-0.4, -0.2) is 53.0 Å². The molecule has 3 N–H and O–H groups in total. The van der Waals surface area contributed by atoms with Gasteiger partial charge in [0.25, 0.3) is 11.8 Å². The number of amides is 2. The Kier molecular flexibility index (Phi) is 9.61. The summed E-state index contributed by atoms with van der Waals surface area (Å²) in [4.78, 5) is 54.2. The standard InChI is InChI=1S/C49H46N6O6S4/c1-46(2,3)29-17-14-24(61-29)39-35-34(44(59)55(39)11)36(52-42(35)58)23-13-12-22(60-23)25-15-19-31(62-25)48(7,8)49(9,10)45-51-21-28(65-45)38-33-32(40(56)54-38)37(53-41(33)57)27-20-50-43(64-27)26-16-18-30(63-26)47(4,5)6/h12-21,54,56,59H,1-11H3. The van der Waals surface area contributed by atoms with Crippen LogP contribution in [0.1, 0.15) is 132 Å². The fraction of sp³-hybridized carbons (Fsp3) is 0.306. The van der Waals surface area contributed by atoms with Crippen molar-refractivity contribution in [3.63, 3.8) is 0 Å². The number of fused-ring (bicyclic) bond motifs is 2. The second-order valence-corrected chi connectivity index (χ2v) is 23.8. The third kappa shape index (κ3) is 6.70. The number of furan rings is 2. The molecule has 0 aromatic carbocycles. The lowest BCUT2D eigenvalue weighted by Crippen LogP contribution is -2.39. The van der Waals surface area contributed by atoms with Gasteiger partial charge in [-0.1, -0.05) is 69.2 Å². The minimum absolute atomic E-state index is 0.0258. The molecule has 0 radical (unpaired) electrons. The van der Waals surface area contributed by atoms with Crippen LogP contribution in [0.3, 0.4) is 0 Å². The van der Waals surface area contributed by atoms with E-state index in [0.717, 1.165) is 30.4 Å². The van der Waals surface area contributed by atoms with E-state index in [1.54, 1.807) is 52.7 Å². The van der Waals surface area contributed by atoms with Gasteiger partial charge < -0.3 is 28.6 Å². The Hall–Kier alpha value is -5.94. The molecule has 16 heteroatoms. The van der Waals surface area contributed by atoms with Gasteiger partial charge in [-0.2, -0.15) is 0 Å². The van der Waals surface area contributed by atoms with Crippen molar-refractivity contribution in [3.05, 3.63) is 114 Å². The maximum Gasteiger partial charge on any atom is 0.280 e. The molecule has 10 heterocycles. The number of nitrogens with one attached hydrogen (secondary N) is 1. The average molecular weight is 943 g/mol. The van der Waals surface area contributed by atoms with E-state index in [0.29, 0.717) is 60.8 Å². The van der Waals surface area contributed by atoms with Crippen LogP contribution in [0.25, 0.3) is 42.5 Å². The summed E-state index contributed by atoms with van der Waals surface area (Å²) < 4.78 is 14.1. The van der Waals surface area contributed by atoms with Gasteiger partial charge in [-0.25, -0.2) is 20.0 Å². The molecule has 65 heavy (non-hydrogen) atoms. The number of aromatic hydroxyl groups is 2. The Morgan fingerprint density at radius 2 is 1.23 bits per heavy atom. The van der Waals surface area contributed by atoms with Crippen molar-refractivity contribution in [3.8, 4) is 54.3 Å². The molecule has 8 aromatic heterocycles. The predicted octanol–water partition coefficient (Wildman–Crippen LogP) is 12.5. The van der Waals surface area contributed by atoms with Crippen molar-refractivity contribution in [2.75, 3.05) is 0 Å². The van der Waals surface area contributed by atoms with E-state index in [1.807, 2.05) is 45.0 Å². The predicted molar refractivity (Wildman–Crippen MR) is 259 cm³/mol. The maximum atomic E-state index is 13.6. The Balaban J connectivity index is 0.891. The molecular weight excluding hydrogens is 897 g/mol. The molecule has 0 spiro atoms. The summed E-state index contributed by atoms with van der Waals surface area (Å²) in [6.07, 6.45) is 3.47. The molecule has 8 aromatic rings. The molecular formula is C49H46N6O6S4. The minimum Gasteiger partial charge on any atom is -0.494 e. The summed E-state index contributed by atoms with van der Waals surface area (Å²) in [6, 6.07) is 15.7. The Morgan fingerprint density at radius 1 is 0.585 bits per heavy atom. The third-order valence-electron chi connectivity index (χ3n) is 12.7. The molecule has 332 valence electrons. The molecule has 0 fully saturated rings. The minimum atomic E-state index is -0.497. The van der Waals surface area contributed by atoms with Crippen LogP contribution in [0.2, 0.25) is 0 Å². The van der Waals surface area contributed by atoms with E-state index in [-0.39, 0.29) is 33.9 Å². The van der Waals surface area contributed by atoms with Crippen molar-refractivity contribution in [2.24, 2.45) is 17.0 Å². The fourth-order valence-corrected chi connectivity index (χ4v) is 12.6. The summed E-state index contributed by atoms with van der Waals surface area (Å²) in [5.41, 5.74) is 1.77. The number of aromatic nitrogens is 4. The van der Waals surface area contributed by atoms with Crippen LogP contribution in [0.4, 0.5) is 0 Å². The number of aliphatic imine (C=N–C) groups is 2. The van der Waals surface area contributed by atoms with Crippen molar-refractivity contribution in [1.29, 1.82) is 0 Å². The van der Waals surface area contributed by atoms with Crippen molar-refractivity contribution < 1.29 is 28.6 Å². The van der Waals surface area contributed by atoms with Crippen LogP contribution in [-0.2, 0) is 28.7 Å². The van der Waals surface area contributed by atoms with Gasteiger partial charge in [-0.05, 0) is 53.9 Å². The van der Waals surface area contributed by atoms with E-state index < -0.39 is 22.6 Å². The van der Waals surface area contributed by atoms with Crippen molar-refractivity contribution >= 4 is 68.6 Å². The third-order valence-corrected chi connectivity index (χ3v) is 18.1. The number of nitrogens with zero attached hydrogens (tertiary/aromatic N) is 5. The molecule has 2 aliphatic rings. The van der Waals surface area contributed by atoms with Gasteiger partial charge in [-0.3, -0.25) is 9.59 Å². The molecule has 2 aliphatic heterocycles.